The number of nitrogens with one attached hydrogen (secondary N) is 1. The summed E-state index contributed by atoms with van der Waals surface area (Å²) in [5.74, 6) is -0.239. The number of ether oxygens (including phenoxy) is 1. The van der Waals surface area contributed by atoms with E-state index in [-0.39, 0.29) is 16.9 Å². The van der Waals surface area contributed by atoms with Crippen LogP contribution in [0.4, 0.5) is 5.69 Å². The van der Waals surface area contributed by atoms with Gasteiger partial charge in [-0.1, -0.05) is 24.3 Å². The summed E-state index contributed by atoms with van der Waals surface area (Å²) in [6.07, 6.45) is 2.01. The molecule has 0 unspecified atom stereocenters. The van der Waals surface area contributed by atoms with Crippen LogP contribution in [0, 0.1) is 6.92 Å². The van der Waals surface area contributed by atoms with Crippen LogP contribution in [-0.2, 0) is 14.8 Å². The van der Waals surface area contributed by atoms with Crippen molar-refractivity contribution in [1.29, 1.82) is 0 Å². The number of nitrogens with zero attached hydrogens (tertiary/aromatic N) is 1. The number of anilines is 1. The smallest absolute Gasteiger partial charge is 0.264 e. The zero-order valence-corrected chi connectivity index (χ0v) is 16.3. The Labute approximate surface area is 160 Å². The highest BCUT2D eigenvalue weighted by atomic mass is 32.2. The van der Waals surface area contributed by atoms with Gasteiger partial charge in [-0.05, 0) is 49.6 Å². The molecular formula is C20H24N2O4S. The van der Waals surface area contributed by atoms with E-state index in [1.165, 1.54) is 11.4 Å². The van der Waals surface area contributed by atoms with Crippen LogP contribution in [0.3, 0.4) is 0 Å². The molecule has 1 fully saturated rings. The molecule has 144 valence electrons. The van der Waals surface area contributed by atoms with E-state index in [9.17, 15) is 13.2 Å². The molecule has 2 aromatic carbocycles. The van der Waals surface area contributed by atoms with E-state index in [2.05, 4.69) is 5.32 Å². The summed E-state index contributed by atoms with van der Waals surface area (Å²) in [4.78, 5) is 12.7. The van der Waals surface area contributed by atoms with Crippen molar-refractivity contribution in [3.63, 3.8) is 0 Å². The first-order chi connectivity index (χ1) is 12.9. The Balaban J connectivity index is 1.81. The van der Waals surface area contributed by atoms with Crippen LogP contribution >= 0.6 is 0 Å². The molecule has 0 spiro atoms. The zero-order chi connectivity index (χ0) is 19.4. The maximum Gasteiger partial charge on any atom is 0.264 e. The van der Waals surface area contributed by atoms with Crippen molar-refractivity contribution in [2.45, 2.75) is 30.8 Å². The fourth-order valence-corrected chi connectivity index (χ4v) is 4.36. The third kappa shape index (κ3) is 4.31. The molecule has 6 nitrogen and oxygen atoms in total. The summed E-state index contributed by atoms with van der Waals surface area (Å²) >= 11 is 0. The fourth-order valence-electron chi connectivity index (χ4n) is 3.08. The average Bonchev–Trinajstić information content (AvgIpc) is 3.20. The van der Waals surface area contributed by atoms with Crippen LogP contribution in [-0.4, -0.2) is 40.6 Å². The molecule has 2 aromatic rings. The van der Waals surface area contributed by atoms with E-state index < -0.39 is 10.0 Å². The molecule has 0 saturated carbocycles. The number of amides is 1. The van der Waals surface area contributed by atoms with Gasteiger partial charge in [0.2, 0.25) is 0 Å². The molecule has 3 rings (SSSR count). The highest BCUT2D eigenvalue weighted by Crippen LogP contribution is 2.26. The summed E-state index contributed by atoms with van der Waals surface area (Å²) in [6, 6.07) is 13.3. The number of rotatable bonds is 6. The number of benzene rings is 2. The third-order valence-corrected chi connectivity index (χ3v) is 6.51. The Morgan fingerprint density at radius 2 is 1.96 bits per heavy atom. The van der Waals surface area contributed by atoms with E-state index >= 15 is 0 Å². The standard InChI is InChI=1S/C20H24N2O4S/c1-15-10-11-16(20(23)21-14-17-7-6-12-26-17)13-19(15)22(2)27(24,25)18-8-4-3-5-9-18/h3-5,8-11,13,17H,6-7,12,14H2,1-2H3,(H,21,23)/t17-/m0/s1. The van der Waals surface area contributed by atoms with Crippen LogP contribution in [0.5, 0.6) is 0 Å². The van der Waals surface area contributed by atoms with Crippen molar-refractivity contribution >= 4 is 21.6 Å². The minimum Gasteiger partial charge on any atom is -0.376 e. The topological polar surface area (TPSA) is 75.7 Å². The summed E-state index contributed by atoms with van der Waals surface area (Å²) in [7, 11) is -2.20. The minimum atomic E-state index is -3.70. The van der Waals surface area contributed by atoms with Crippen molar-refractivity contribution in [1.82, 2.24) is 5.32 Å². The van der Waals surface area contributed by atoms with E-state index in [1.807, 2.05) is 6.92 Å². The predicted octanol–water partition coefficient (Wildman–Crippen LogP) is 2.73. The molecule has 1 amide bonds. The summed E-state index contributed by atoms with van der Waals surface area (Å²) < 4.78 is 32.5. The minimum absolute atomic E-state index is 0.0556. The van der Waals surface area contributed by atoms with Gasteiger partial charge in [0.1, 0.15) is 0 Å². The number of hydrogen-bond acceptors (Lipinski definition) is 4. The van der Waals surface area contributed by atoms with Gasteiger partial charge in [0.05, 0.1) is 16.7 Å². The predicted molar refractivity (Wildman–Crippen MR) is 105 cm³/mol. The Morgan fingerprint density at radius 1 is 1.22 bits per heavy atom. The van der Waals surface area contributed by atoms with Gasteiger partial charge in [-0.3, -0.25) is 9.10 Å². The highest BCUT2D eigenvalue weighted by Gasteiger charge is 2.23. The van der Waals surface area contributed by atoms with Crippen LogP contribution in [0.2, 0.25) is 0 Å². The van der Waals surface area contributed by atoms with E-state index in [0.29, 0.717) is 17.8 Å². The summed E-state index contributed by atoms with van der Waals surface area (Å²) in [5, 5.41) is 2.87. The number of sulfonamides is 1. The van der Waals surface area contributed by atoms with Crippen LogP contribution < -0.4 is 9.62 Å². The average molecular weight is 388 g/mol. The van der Waals surface area contributed by atoms with Crippen molar-refractivity contribution < 1.29 is 17.9 Å². The van der Waals surface area contributed by atoms with Gasteiger partial charge in [0, 0.05) is 25.8 Å². The quantitative estimate of drug-likeness (QED) is 0.826. The number of aryl methyl sites for hydroxylation is 1. The van der Waals surface area contributed by atoms with Gasteiger partial charge in [-0.25, -0.2) is 8.42 Å². The Morgan fingerprint density at radius 3 is 2.63 bits per heavy atom. The lowest BCUT2D eigenvalue weighted by Gasteiger charge is -2.22. The Hall–Kier alpha value is -2.38. The number of carbonyl (C=O) groups excluding carboxylic acids is 1. The first kappa shape index (κ1) is 19.4. The van der Waals surface area contributed by atoms with Crippen molar-refractivity contribution in [3.05, 3.63) is 59.7 Å². The SMILES string of the molecule is Cc1ccc(C(=O)NC[C@@H]2CCCO2)cc1N(C)S(=O)(=O)c1ccccc1. The molecule has 1 aliphatic heterocycles. The van der Waals surface area contributed by atoms with Crippen LogP contribution in [0.15, 0.2) is 53.4 Å². The lowest BCUT2D eigenvalue weighted by atomic mass is 10.1. The van der Waals surface area contributed by atoms with Crippen LogP contribution in [0.1, 0.15) is 28.8 Å². The molecule has 7 heteroatoms. The zero-order valence-electron chi connectivity index (χ0n) is 15.5. The molecule has 0 aliphatic carbocycles. The molecule has 1 aliphatic rings. The second kappa shape index (κ2) is 8.10. The van der Waals surface area contributed by atoms with E-state index in [1.54, 1.807) is 48.5 Å². The van der Waals surface area contributed by atoms with Gasteiger partial charge >= 0.3 is 0 Å². The van der Waals surface area contributed by atoms with E-state index in [4.69, 9.17) is 4.74 Å². The summed E-state index contributed by atoms with van der Waals surface area (Å²) in [6.45, 7) is 3.01. The molecule has 27 heavy (non-hydrogen) atoms. The third-order valence-electron chi connectivity index (χ3n) is 4.73. The van der Waals surface area contributed by atoms with Gasteiger partial charge in [0.15, 0.2) is 0 Å². The molecule has 0 bridgehead atoms. The molecule has 1 atom stereocenters. The Kier molecular flexibility index (Phi) is 5.82. The summed E-state index contributed by atoms with van der Waals surface area (Å²) in [5.41, 5.74) is 1.67. The molecule has 1 saturated heterocycles. The van der Waals surface area contributed by atoms with Crippen molar-refractivity contribution in [2.75, 3.05) is 24.5 Å². The molecule has 0 aromatic heterocycles. The largest absolute Gasteiger partial charge is 0.376 e. The fraction of sp³-hybridized carbons (Fsp3) is 0.350. The number of carbonyl (C=O) groups is 1. The number of hydrogen-bond donors (Lipinski definition) is 1. The monoisotopic (exact) mass is 388 g/mol. The second-order valence-corrected chi connectivity index (χ2v) is 8.60. The first-order valence-electron chi connectivity index (χ1n) is 8.94. The first-order valence-corrected chi connectivity index (χ1v) is 10.4. The second-order valence-electron chi connectivity index (χ2n) is 6.63. The van der Waals surface area contributed by atoms with Gasteiger partial charge in [0.25, 0.3) is 15.9 Å². The molecular weight excluding hydrogens is 364 g/mol. The lowest BCUT2D eigenvalue weighted by Crippen LogP contribution is -2.32. The molecule has 1 N–H and O–H groups in total. The lowest BCUT2D eigenvalue weighted by molar-refractivity contribution is 0.0858. The van der Waals surface area contributed by atoms with E-state index in [0.717, 1.165) is 25.0 Å². The van der Waals surface area contributed by atoms with Gasteiger partial charge < -0.3 is 10.1 Å². The van der Waals surface area contributed by atoms with Gasteiger partial charge in [-0.2, -0.15) is 0 Å². The van der Waals surface area contributed by atoms with Crippen molar-refractivity contribution in [2.24, 2.45) is 0 Å². The van der Waals surface area contributed by atoms with Gasteiger partial charge in [-0.15, -0.1) is 0 Å². The molecule has 1 heterocycles. The maximum atomic E-state index is 12.9. The maximum absolute atomic E-state index is 12.9. The molecule has 0 radical (unpaired) electrons. The van der Waals surface area contributed by atoms with Crippen molar-refractivity contribution in [3.8, 4) is 0 Å². The normalized spacial score (nSPS) is 16.9. The Bertz CT molecular complexity index is 907. The van der Waals surface area contributed by atoms with Crippen LogP contribution in [0.25, 0.3) is 0 Å². The highest BCUT2D eigenvalue weighted by molar-refractivity contribution is 7.92.